The molecule has 0 spiro atoms. The Labute approximate surface area is 218 Å². The van der Waals surface area contributed by atoms with E-state index in [2.05, 4.69) is 23.3 Å². The zero-order valence-electron chi connectivity index (χ0n) is 19.6. The van der Waals surface area contributed by atoms with Crippen LogP contribution in [0.15, 0.2) is 79.0 Å². The van der Waals surface area contributed by atoms with Crippen molar-refractivity contribution in [1.82, 2.24) is 5.32 Å². The number of alkyl halides is 3. The molecule has 2 unspecified atom stereocenters. The van der Waals surface area contributed by atoms with Crippen LogP contribution in [-0.4, -0.2) is 11.7 Å². The lowest BCUT2D eigenvalue weighted by Crippen LogP contribution is -2.34. The van der Waals surface area contributed by atoms with Crippen molar-refractivity contribution >= 4 is 35.0 Å². The molecule has 0 heterocycles. The molecule has 36 heavy (non-hydrogen) atoms. The number of fused-ring (bicyclic) bond motifs is 1. The van der Waals surface area contributed by atoms with Crippen molar-refractivity contribution in [2.24, 2.45) is 0 Å². The summed E-state index contributed by atoms with van der Waals surface area (Å²) < 4.78 is 41.4. The SMILES string of the molecule is C=C(Nc1cccc(C)c1)C1(NC2c3ccc(/C=C/C(c4ccc(Cl)c(Cl)c4)C(F)(F)F)cc32)CC1. The van der Waals surface area contributed by atoms with Gasteiger partial charge in [0, 0.05) is 11.4 Å². The summed E-state index contributed by atoms with van der Waals surface area (Å²) in [5.74, 6) is -1.78. The lowest BCUT2D eigenvalue weighted by Gasteiger charge is -2.22. The Morgan fingerprint density at radius 2 is 1.81 bits per heavy atom. The first-order valence-corrected chi connectivity index (χ1v) is 12.5. The van der Waals surface area contributed by atoms with Gasteiger partial charge in [-0.2, -0.15) is 13.2 Å². The third-order valence-corrected chi connectivity index (χ3v) is 7.59. The molecular weight excluding hydrogens is 504 g/mol. The minimum Gasteiger partial charge on any atom is -0.358 e. The average Bonchev–Trinajstić information content (AvgIpc) is 3.73. The molecule has 5 rings (SSSR count). The van der Waals surface area contributed by atoms with Gasteiger partial charge in [0.1, 0.15) is 0 Å². The molecule has 2 aliphatic carbocycles. The van der Waals surface area contributed by atoms with Crippen LogP contribution in [0.2, 0.25) is 10.0 Å². The first kappa shape index (κ1) is 24.9. The van der Waals surface area contributed by atoms with Gasteiger partial charge in [-0.25, -0.2) is 0 Å². The quantitative estimate of drug-likeness (QED) is 0.305. The number of benzene rings is 3. The van der Waals surface area contributed by atoms with E-state index in [4.69, 9.17) is 23.2 Å². The normalized spacial score (nSPS) is 18.6. The zero-order chi connectivity index (χ0) is 25.7. The monoisotopic (exact) mass is 528 g/mol. The second-order valence-corrected chi connectivity index (χ2v) is 10.4. The van der Waals surface area contributed by atoms with E-state index < -0.39 is 12.1 Å². The Morgan fingerprint density at radius 3 is 2.47 bits per heavy atom. The molecule has 7 heteroatoms. The van der Waals surface area contributed by atoms with Crippen LogP contribution >= 0.6 is 23.2 Å². The highest BCUT2D eigenvalue weighted by Gasteiger charge is 2.50. The van der Waals surface area contributed by atoms with E-state index in [0.717, 1.165) is 29.8 Å². The largest absolute Gasteiger partial charge is 0.399 e. The van der Waals surface area contributed by atoms with Crippen molar-refractivity contribution in [2.75, 3.05) is 5.32 Å². The Kier molecular flexibility index (Phi) is 6.44. The molecule has 0 radical (unpaired) electrons. The summed E-state index contributed by atoms with van der Waals surface area (Å²) in [5, 5.41) is 7.46. The van der Waals surface area contributed by atoms with Crippen LogP contribution < -0.4 is 10.6 Å². The van der Waals surface area contributed by atoms with E-state index in [0.29, 0.717) is 5.56 Å². The number of halogens is 5. The smallest absolute Gasteiger partial charge is 0.358 e. The van der Waals surface area contributed by atoms with E-state index in [1.807, 2.05) is 43.3 Å². The van der Waals surface area contributed by atoms with Crippen LogP contribution in [0.25, 0.3) is 6.08 Å². The summed E-state index contributed by atoms with van der Waals surface area (Å²) in [6.45, 7) is 6.33. The van der Waals surface area contributed by atoms with Crippen molar-refractivity contribution in [3.05, 3.63) is 117 Å². The fourth-order valence-corrected chi connectivity index (χ4v) is 4.87. The number of hydrogen-bond acceptors (Lipinski definition) is 2. The average molecular weight is 529 g/mol. The summed E-state index contributed by atoms with van der Waals surface area (Å²) in [4.78, 5) is 0. The van der Waals surface area contributed by atoms with E-state index in [1.165, 1.54) is 41.5 Å². The first-order chi connectivity index (χ1) is 17.1. The van der Waals surface area contributed by atoms with Crippen molar-refractivity contribution in [3.63, 3.8) is 0 Å². The van der Waals surface area contributed by atoms with Gasteiger partial charge >= 0.3 is 6.18 Å². The van der Waals surface area contributed by atoms with Gasteiger partial charge in [0.25, 0.3) is 0 Å². The molecule has 0 amide bonds. The van der Waals surface area contributed by atoms with E-state index in [9.17, 15) is 13.2 Å². The van der Waals surface area contributed by atoms with Crippen LogP contribution in [0.3, 0.4) is 0 Å². The first-order valence-electron chi connectivity index (χ1n) is 11.7. The van der Waals surface area contributed by atoms with Gasteiger partial charge in [-0.1, -0.05) is 72.3 Å². The van der Waals surface area contributed by atoms with Crippen LogP contribution in [0.1, 0.15) is 52.6 Å². The van der Waals surface area contributed by atoms with E-state index >= 15 is 0 Å². The molecule has 3 aromatic rings. The molecule has 1 fully saturated rings. The van der Waals surface area contributed by atoms with Gasteiger partial charge in [-0.3, -0.25) is 5.32 Å². The van der Waals surface area contributed by atoms with Crippen molar-refractivity contribution in [2.45, 2.75) is 43.4 Å². The predicted octanol–water partition coefficient (Wildman–Crippen LogP) is 8.81. The maximum atomic E-state index is 13.8. The third kappa shape index (κ3) is 5.19. The molecule has 186 valence electrons. The molecular formula is C29H25Cl2F3N2. The van der Waals surface area contributed by atoms with Crippen molar-refractivity contribution < 1.29 is 13.2 Å². The maximum Gasteiger partial charge on any atom is 0.399 e. The predicted molar refractivity (Wildman–Crippen MR) is 142 cm³/mol. The Morgan fingerprint density at radius 1 is 1.03 bits per heavy atom. The Hall–Kier alpha value is -2.73. The summed E-state index contributed by atoms with van der Waals surface area (Å²) in [5.41, 5.74) is 5.97. The zero-order valence-corrected chi connectivity index (χ0v) is 21.1. The highest BCUT2D eigenvalue weighted by molar-refractivity contribution is 6.42. The molecule has 2 nitrogen and oxygen atoms in total. The molecule has 2 N–H and O–H groups in total. The number of nitrogens with one attached hydrogen (secondary N) is 2. The van der Waals surface area contributed by atoms with Crippen LogP contribution in [0.5, 0.6) is 0 Å². The topological polar surface area (TPSA) is 24.1 Å². The lowest BCUT2D eigenvalue weighted by molar-refractivity contribution is -0.139. The van der Waals surface area contributed by atoms with Crippen LogP contribution in [-0.2, 0) is 0 Å². The molecule has 0 aliphatic heterocycles. The number of allylic oxidation sites excluding steroid dienone is 1. The molecule has 2 atom stereocenters. The van der Waals surface area contributed by atoms with Crippen LogP contribution in [0, 0.1) is 6.92 Å². The van der Waals surface area contributed by atoms with E-state index in [-0.39, 0.29) is 27.2 Å². The minimum absolute atomic E-state index is 0.0507. The molecule has 2 aliphatic rings. The fraction of sp³-hybridized carbons (Fsp3) is 0.241. The second-order valence-electron chi connectivity index (χ2n) is 9.57. The second kappa shape index (κ2) is 9.29. The standard InChI is InChI=1S/C29H25Cl2F3N2/c1-17-4-3-5-21(14-17)35-18(2)28(12-13-28)36-27-22-9-6-19(15-23(22)27)7-10-24(29(32,33)34)20-8-11-25(30)26(31)16-20/h3-11,14-16,24,27,35-36H,2,12-13H2,1H3/b10-7+. The van der Waals surface area contributed by atoms with Crippen LogP contribution in [0.4, 0.5) is 18.9 Å². The number of hydrogen-bond donors (Lipinski definition) is 2. The van der Waals surface area contributed by atoms with Crippen molar-refractivity contribution in [1.29, 1.82) is 0 Å². The molecule has 3 aromatic carbocycles. The fourth-order valence-electron chi connectivity index (χ4n) is 4.56. The van der Waals surface area contributed by atoms with Gasteiger partial charge < -0.3 is 5.32 Å². The molecule has 0 aromatic heterocycles. The maximum absolute atomic E-state index is 13.8. The van der Waals surface area contributed by atoms with Gasteiger partial charge in [-0.05, 0) is 77.9 Å². The molecule has 1 saturated carbocycles. The lowest BCUT2D eigenvalue weighted by atomic mass is 9.97. The van der Waals surface area contributed by atoms with Gasteiger partial charge in [0.15, 0.2) is 0 Å². The summed E-state index contributed by atoms with van der Waals surface area (Å²) in [6.07, 6.45) is 0.199. The molecule has 0 bridgehead atoms. The van der Waals surface area contributed by atoms with Gasteiger partial charge in [0.2, 0.25) is 0 Å². The highest BCUT2D eigenvalue weighted by Crippen LogP contribution is 2.50. The van der Waals surface area contributed by atoms with Gasteiger partial charge in [0.05, 0.1) is 27.5 Å². The Balaban J connectivity index is 1.27. The molecule has 0 saturated heterocycles. The number of anilines is 1. The number of rotatable bonds is 8. The van der Waals surface area contributed by atoms with E-state index in [1.54, 1.807) is 0 Å². The highest BCUT2D eigenvalue weighted by atomic mass is 35.5. The Bertz CT molecular complexity index is 1360. The number of aryl methyl sites for hydroxylation is 1. The third-order valence-electron chi connectivity index (χ3n) is 6.85. The van der Waals surface area contributed by atoms with Crippen molar-refractivity contribution in [3.8, 4) is 0 Å². The summed E-state index contributed by atoms with van der Waals surface area (Å²) in [6, 6.07) is 18.0. The summed E-state index contributed by atoms with van der Waals surface area (Å²) in [7, 11) is 0. The van der Waals surface area contributed by atoms with Gasteiger partial charge in [-0.15, -0.1) is 0 Å². The summed E-state index contributed by atoms with van der Waals surface area (Å²) >= 11 is 11.8. The minimum atomic E-state index is -4.45.